The summed E-state index contributed by atoms with van der Waals surface area (Å²) in [6.45, 7) is 10.1. The average Bonchev–Trinajstić information content (AvgIpc) is 3.26. The second-order valence-corrected chi connectivity index (χ2v) is 18.3. The summed E-state index contributed by atoms with van der Waals surface area (Å²) in [5, 5.41) is 40.5. The molecule has 4 N–H and O–H groups in total. The highest BCUT2D eigenvalue weighted by molar-refractivity contribution is 5.96. The van der Waals surface area contributed by atoms with Crippen LogP contribution in [0.1, 0.15) is 93.6 Å². The number of ether oxygens (including phenoxy) is 5. The minimum Gasteiger partial charge on any atom is -0.456 e. The second-order valence-electron chi connectivity index (χ2n) is 18.3. The van der Waals surface area contributed by atoms with Crippen molar-refractivity contribution in [2.45, 2.75) is 115 Å². The van der Waals surface area contributed by atoms with Gasteiger partial charge in [-0.1, -0.05) is 94.4 Å². The van der Waals surface area contributed by atoms with Crippen LogP contribution >= 0.6 is 0 Å². The van der Waals surface area contributed by atoms with Crippen LogP contribution in [0.4, 0.5) is 0 Å². The van der Waals surface area contributed by atoms with Crippen LogP contribution in [0.25, 0.3) is 0 Å². The third-order valence-corrected chi connectivity index (χ3v) is 13.9. The summed E-state index contributed by atoms with van der Waals surface area (Å²) in [5.41, 5.74) is -7.06. The third kappa shape index (κ3) is 7.71. The summed E-state index contributed by atoms with van der Waals surface area (Å²) in [7, 11) is 0. The molecule has 1 aliphatic heterocycles. The predicted molar refractivity (Wildman–Crippen MR) is 227 cm³/mol. The summed E-state index contributed by atoms with van der Waals surface area (Å²) in [5.74, 6) is -7.44. The molecule has 0 spiro atoms. The molecule has 3 fully saturated rings. The molecule has 15 nitrogen and oxygen atoms in total. The molecule has 1 heterocycles. The number of ketones is 1. The van der Waals surface area contributed by atoms with E-state index in [9.17, 15) is 39.3 Å². The molecule has 3 aromatic carbocycles. The van der Waals surface area contributed by atoms with Crippen LogP contribution in [-0.2, 0) is 42.9 Å². The Kier molecular flexibility index (Phi) is 12.5. The fraction of sp³-hybridized carbons (Fsp3) is 0.469. The number of nitrogens with one attached hydrogen (secondary N) is 1. The topological polar surface area (TPSA) is 221 Å². The number of Topliss-reactive ketones (excluding diaryl/α,β-unsaturated/α-hetero) is 1. The maximum absolute atomic E-state index is 15.6. The third-order valence-electron chi connectivity index (χ3n) is 13.9. The smallest absolute Gasteiger partial charge is 0.338 e. The van der Waals surface area contributed by atoms with Crippen LogP contribution in [0.2, 0.25) is 0 Å². The number of aliphatic hydroxyl groups is 3. The molecule has 340 valence electrons. The summed E-state index contributed by atoms with van der Waals surface area (Å²) < 4.78 is 30.7. The summed E-state index contributed by atoms with van der Waals surface area (Å²) >= 11 is 0. The van der Waals surface area contributed by atoms with E-state index in [4.69, 9.17) is 23.7 Å². The number of aliphatic hydroxyl groups excluding tert-OH is 2. The summed E-state index contributed by atoms with van der Waals surface area (Å²) in [4.78, 5) is 84.6. The van der Waals surface area contributed by atoms with Crippen molar-refractivity contribution in [1.29, 1.82) is 0 Å². The van der Waals surface area contributed by atoms with Gasteiger partial charge < -0.3 is 44.3 Å². The Morgan fingerprint density at radius 1 is 0.828 bits per heavy atom. The zero-order chi connectivity index (χ0) is 46.5. The van der Waals surface area contributed by atoms with E-state index in [0.29, 0.717) is 5.56 Å². The highest BCUT2D eigenvalue weighted by Crippen LogP contribution is 2.64. The maximum Gasteiger partial charge on any atom is 0.338 e. The van der Waals surface area contributed by atoms with E-state index in [1.165, 1.54) is 26.0 Å². The van der Waals surface area contributed by atoms with Crippen LogP contribution in [0.3, 0.4) is 0 Å². The van der Waals surface area contributed by atoms with Crippen LogP contribution in [0.5, 0.6) is 0 Å². The molecule has 2 unspecified atom stereocenters. The van der Waals surface area contributed by atoms with E-state index >= 15 is 4.79 Å². The molecule has 11 atom stereocenters. The van der Waals surface area contributed by atoms with E-state index in [0.717, 1.165) is 6.92 Å². The van der Waals surface area contributed by atoms with E-state index < -0.39 is 119 Å². The molecular weight excluding hydrogens is 827 g/mol. The molecule has 3 aromatic rings. The SMILES string of the molecule is CC(=O)O[C@H]1C(=O)[C@@]2(C)C([C@H](OC(=O)c3ccccc3)[C@]3(O)C[C@H](OC(=O)[C@H](O)C(NC(=O)c4ccccc4)c4ccccc4)C(C)=C1C3(C)C)[C@]1(OC(=O)C(C)C)CO[C@@H]1C[C@@H]2O. The van der Waals surface area contributed by atoms with Crippen molar-refractivity contribution >= 4 is 35.6 Å². The molecule has 2 saturated carbocycles. The lowest BCUT2D eigenvalue weighted by Gasteiger charge is -2.67. The zero-order valence-electron chi connectivity index (χ0n) is 36.8. The van der Waals surface area contributed by atoms with Gasteiger partial charge in [0.15, 0.2) is 23.6 Å². The van der Waals surface area contributed by atoms with Crippen molar-refractivity contribution in [2.75, 3.05) is 6.61 Å². The Morgan fingerprint density at radius 3 is 1.95 bits per heavy atom. The number of amides is 1. The van der Waals surface area contributed by atoms with Crippen LogP contribution in [0.15, 0.2) is 102 Å². The van der Waals surface area contributed by atoms with Gasteiger partial charge in [0, 0.05) is 30.7 Å². The Bertz CT molecular complexity index is 2330. The van der Waals surface area contributed by atoms with Gasteiger partial charge in [0.1, 0.15) is 23.9 Å². The molecule has 7 rings (SSSR count). The van der Waals surface area contributed by atoms with Crippen LogP contribution in [-0.4, -0.2) is 105 Å². The number of benzene rings is 3. The highest BCUT2D eigenvalue weighted by atomic mass is 16.6. The summed E-state index contributed by atoms with van der Waals surface area (Å²) in [6, 6.07) is 23.0. The van der Waals surface area contributed by atoms with Gasteiger partial charge in [-0.15, -0.1) is 0 Å². The summed E-state index contributed by atoms with van der Waals surface area (Å²) in [6.07, 6.45) is -10.6. The van der Waals surface area contributed by atoms with Crippen molar-refractivity contribution in [3.05, 3.63) is 119 Å². The van der Waals surface area contributed by atoms with Gasteiger partial charge in [0.2, 0.25) is 0 Å². The molecule has 1 amide bonds. The molecule has 64 heavy (non-hydrogen) atoms. The first-order chi connectivity index (χ1) is 30.2. The Hall–Kier alpha value is -5.74. The number of carbonyl (C=O) groups is 6. The zero-order valence-corrected chi connectivity index (χ0v) is 36.8. The lowest BCUT2D eigenvalue weighted by atomic mass is 9.44. The predicted octanol–water partition coefficient (Wildman–Crippen LogP) is 4.37. The lowest BCUT2D eigenvalue weighted by molar-refractivity contribution is -0.347. The molecule has 1 saturated heterocycles. The Labute approximate surface area is 371 Å². The number of rotatable bonds is 11. The monoisotopic (exact) mass is 881 g/mol. The quantitative estimate of drug-likeness (QED) is 0.119. The normalized spacial score (nSPS) is 31.3. The van der Waals surface area contributed by atoms with Crippen LogP contribution in [0, 0.1) is 22.7 Å². The molecular formula is C49H55NO14. The van der Waals surface area contributed by atoms with E-state index in [1.807, 2.05) is 0 Å². The fourth-order valence-electron chi connectivity index (χ4n) is 10.2. The fourth-order valence-corrected chi connectivity index (χ4v) is 10.2. The second kappa shape index (κ2) is 17.3. The van der Waals surface area contributed by atoms with E-state index in [1.54, 1.807) is 107 Å². The van der Waals surface area contributed by atoms with Crippen molar-refractivity contribution in [3.8, 4) is 0 Å². The minimum absolute atomic E-state index is 0.00132. The maximum atomic E-state index is 15.6. The first kappa shape index (κ1) is 46.3. The van der Waals surface area contributed by atoms with Crippen molar-refractivity contribution in [1.82, 2.24) is 5.32 Å². The molecule has 2 bridgehead atoms. The van der Waals surface area contributed by atoms with E-state index in [-0.39, 0.29) is 35.3 Å². The van der Waals surface area contributed by atoms with Gasteiger partial charge in [-0.05, 0) is 54.8 Å². The lowest BCUT2D eigenvalue weighted by Crippen LogP contribution is -2.82. The van der Waals surface area contributed by atoms with Crippen molar-refractivity contribution in [3.63, 3.8) is 0 Å². The van der Waals surface area contributed by atoms with Gasteiger partial charge >= 0.3 is 23.9 Å². The highest BCUT2D eigenvalue weighted by Gasteiger charge is 2.78. The number of fused-ring (bicyclic) bond motifs is 5. The number of esters is 4. The standard InChI is InChI=1S/C49H55NO14/c1-26(2)43(56)64-48-25-60-34(48)23-33(52)47(7)39(48)41(63-44(57)31-21-15-10-16-22-31)49(59)24-32(27(3)35(46(49,5)6)38(40(47)54)61-28(4)51)62-45(58)37(53)36(29-17-11-8-12-18-29)50-42(55)30-19-13-9-14-20-30/h8-22,26,32-34,36-39,41,52-53,59H,23-25H2,1-7H3,(H,50,55)/t32-,33-,34+,36?,37+,38+,39?,41-,47+,48-,49+/m0/s1. The number of carbonyl (C=O) groups excluding carboxylic acids is 6. The Morgan fingerprint density at radius 2 is 1.41 bits per heavy atom. The van der Waals surface area contributed by atoms with Gasteiger partial charge in [-0.2, -0.15) is 0 Å². The molecule has 0 radical (unpaired) electrons. The van der Waals surface area contributed by atoms with Gasteiger partial charge in [-0.3, -0.25) is 19.2 Å². The van der Waals surface area contributed by atoms with Gasteiger partial charge in [0.25, 0.3) is 5.91 Å². The minimum atomic E-state index is -2.40. The van der Waals surface area contributed by atoms with Crippen molar-refractivity contribution < 1.29 is 67.8 Å². The number of hydrogen-bond acceptors (Lipinski definition) is 14. The number of hydrogen-bond donors (Lipinski definition) is 4. The molecule has 0 aromatic heterocycles. The van der Waals surface area contributed by atoms with Crippen LogP contribution < -0.4 is 5.32 Å². The Balaban J connectivity index is 1.40. The molecule has 15 heteroatoms. The molecule has 3 aliphatic carbocycles. The van der Waals surface area contributed by atoms with Crippen molar-refractivity contribution in [2.24, 2.45) is 22.7 Å². The van der Waals surface area contributed by atoms with Gasteiger partial charge in [0.05, 0.1) is 41.6 Å². The first-order valence-electron chi connectivity index (χ1n) is 21.4. The molecule has 4 aliphatic rings. The van der Waals surface area contributed by atoms with Gasteiger partial charge in [-0.25, -0.2) is 9.59 Å². The largest absolute Gasteiger partial charge is 0.456 e. The first-order valence-corrected chi connectivity index (χ1v) is 21.4. The van der Waals surface area contributed by atoms with E-state index in [2.05, 4.69) is 5.32 Å². The average molecular weight is 882 g/mol.